The Kier molecular flexibility index (Phi) is 8.65. The summed E-state index contributed by atoms with van der Waals surface area (Å²) in [5.74, 6) is 1.61. The van der Waals surface area contributed by atoms with E-state index < -0.39 is 24.4 Å². The van der Waals surface area contributed by atoms with Crippen LogP contribution in [0, 0.1) is 0 Å². The summed E-state index contributed by atoms with van der Waals surface area (Å²) >= 11 is 3.58. The zero-order chi connectivity index (χ0) is 30.4. The topological polar surface area (TPSA) is 120 Å². The van der Waals surface area contributed by atoms with Gasteiger partial charge in [-0.1, -0.05) is 28.1 Å². The van der Waals surface area contributed by atoms with Gasteiger partial charge in [0.1, 0.15) is 30.3 Å². The second-order valence-electron chi connectivity index (χ2n) is 13.0. The van der Waals surface area contributed by atoms with E-state index in [-0.39, 0.29) is 31.5 Å². The maximum absolute atomic E-state index is 11.9. The number of amides is 1. The van der Waals surface area contributed by atoms with Gasteiger partial charge in [0.2, 0.25) is 0 Å². The van der Waals surface area contributed by atoms with Gasteiger partial charge < -0.3 is 43.9 Å². The maximum atomic E-state index is 11.9. The van der Waals surface area contributed by atoms with E-state index >= 15 is 0 Å². The highest BCUT2D eigenvalue weighted by atomic mass is 79.9. The third kappa shape index (κ3) is 6.76. The van der Waals surface area contributed by atoms with E-state index in [2.05, 4.69) is 21.2 Å². The number of hydrogen-bond donors (Lipinski definition) is 2. The van der Waals surface area contributed by atoms with Crippen LogP contribution in [0.2, 0.25) is 0 Å². The van der Waals surface area contributed by atoms with Gasteiger partial charge in [-0.25, -0.2) is 4.79 Å². The molecule has 0 saturated heterocycles. The Morgan fingerprint density at radius 3 is 2.19 bits per heavy atom. The van der Waals surface area contributed by atoms with Gasteiger partial charge >= 0.3 is 20.3 Å². The molecule has 2 atom stereocenters. The predicted octanol–water partition coefficient (Wildman–Crippen LogP) is 3.53. The quantitative estimate of drug-likeness (QED) is 0.484. The predicted molar refractivity (Wildman–Crippen MR) is 164 cm³/mol. The third-order valence-corrected chi connectivity index (χ3v) is 7.75. The molecule has 3 N–H and O–H groups in total. The molecular formula is C29H39B2BrN2O8. The molecule has 10 nitrogen and oxygen atoms in total. The average Bonchev–Trinajstić information content (AvgIpc) is 3.35. The molecule has 226 valence electrons. The fraction of sp³-hybridized carbons (Fsp3) is 0.552. The highest BCUT2D eigenvalue weighted by molar-refractivity contribution is 9.10. The van der Waals surface area contributed by atoms with E-state index in [1.807, 2.05) is 78.8 Å². The van der Waals surface area contributed by atoms with Gasteiger partial charge in [-0.2, -0.15) is 0 Å². The molecule has 4 aliphatic heterocycles. The summed E-state index contributed by atoms with van der Waals surface area (Å²) in [6.45, 7) is 15.1. The summed E-state index contributed by atoms with van der Waals surface area (Å²) in [7, 11) is -0.877. The average molecular weight is 645 g/mol. The molecule has 0 aromatic heterocycles. The van der Waals surface area contributed by atoms with Crippen molar-refractivity contribution < 1.29 is 37.6 Å². The van der Waals surface area contributed by atoms with Crippen LogP contribution in [-0.2, 0) is 23.4 Å². The van der Waals surface area contributed by atoms with Gasteiger partial charge in [-0.15, -0.1) is 0 Å². The van der Waals surface area contributed by atoms with Crippen LogP contribution in [0.15, 0.2) is 34.8 Å². The Morgan fingerprint density at radius 1 is 0.976 bits per heavy atom. The molecule has 0 radical (unpaired) electrons. The van der Waals surface area contributed by atoms with E-state index in [0.29, 0.717) is 19.8 Å². The molecule has 6 rings (SSSR count). The molecule has 2 aromatic rings. The van der Waals surface area contributed by atoms with Crippen molar-refractivity contribution in [3.63, 3.8) is 0 Å². The summed E-state index contributed by atoms with van der Waals surface area (Å²) in [5.41, 5.74) is 8.27. The van der Waals surface area contributed by atoms with Crippen LogP contribution in [0.3, 0.4) is 0 Å². The summed E-state index contributed by atoms with van der Waals surface area (Å²) in [4.78, 5) is 11.9. The van der Waals surface area contributed by atoms with Crippen LogP contribution in [0.1, 0.15) is 71.8 Å². The van der Waals surface area contributed by atoms with Gasteiger partial charge in [0.15, 0.2) is 0 Å². The van der Waals surface area contributed by atoms with Gasteiger partial charge in [0.05, 0.1) is 23.4 Å². The number of carbonyl (C=O) groups excluding carboxylic acids is 1. The fourth-order valence-electron chi connectivity index (χ4n) is 5.23. The molecule has 42 heavy (non-hydrogen) atoms. The molecule has 4 heterocycles. The molecule has 1 amide bonds. The van der Waals surface area contributed by atoms with Crippen LogP contribution in [0.4, 0.5) is 4.79 Å². The first kappa shape index (κ1) is 31.2. The van der Waals surface area contributed by atoms with E-state index in [9.17, 15) is 4.79 Å². The van der Waals surface area contributed by atoms with Crippen LogP contribution >= 0.6 is 15.9 Å². The first-order chi connectivity index (χ1) is 19.7. The Hall–Kier alpha value is -2.28. The monoisotopic (exact) mass is 644 g/mol. The van der Waals surface area contributed by atoms with E-state index in [1.54, 1.807) is 0 Å². The van der Waals surface area contributed by atoms with Crippen LogP contribution in [-0.4, -0.2) is 63.4 Å². The molecule has 4 aliphatic rings. The summed E-state index contributed by atoms with van der Waals surface area (Å²) < 4.78 is 41.9. The second-order valence-corrected chi connectivity index (χ2v) is 13.9. The van der Waals surface area contributed by atoms with Crippen LogP contribution in [0.5, 0.6) is 11.5 Å². The lowest BCUT2D eigenvalue weighted by Crippen LogP contribution is -2.41. The first-order valence-corrected chi connectivity index (χ1v) is 15.0. The van der Waals surface area contributed by atoms with Crippen LogP contribution in [0.25, 0.3) is 0 Å². The smallest absolute Gasteiger partial charge is 0.491 e. The number of nitrogens with one attached hydrogen (secondary N) is 1. The van der Waals surface area contributed by atoms with Crippen molar-refractivity contribution >= 4 is 47.2 Å². The lowest BCUT2D eigenvalue weighted by molar-refractivity contribution is 0.0249. The summed E-state index contributed by atoms with van der Waals surface area (Å²) in [6, 6.07) is 9.80. The van der Waals surface area contributed by atoms with Crippen molar-refractivity contribution in [1.29, 1.82) is 0 Å². The maximum Gasteiger partial charge on any atom is 0.499 e. The lowest BCUT2D eigenvalue weighted by Gasteiger charge is -2.25. The lowest BCUT2D eigenvalue weighted by atomic mass is 9.77. The standard InChI is InChI=1S/C17H23BBrNO5.C12H16BNO3/c1-16(2,3)23-15(21)20-8-12-13-10(19)6-7-11-14(13)18(24-12)25-17(4,5)9-22-11;1-12(2)7-15-9-5-3-4-8-10(6-14)16-13(17-12)11(8)9/h6-7,12H,8-9H2,1-5H3,(H,20,21);3-5,10H,6-7,14H2,1-2H3. The second kappa shape index (κ2) is 11.7. The van der Waals surface area contributed by atoms with Crippen molar-refractivity contribution in [2.24, 2.45) is 5.73 Å². The number of halogens is 1. The number of rotatable bonds is 3. The minimum absolute atomic E-state index is 0.0903. The Labute approximate surface area is 256 Å². The van der Waals surface area contributed by atoms with Crippen molar-refractivity contribution in [3.05, 3.63) is 45.9 Å². The number of benzene rings is 2. The molecule has 2 aromatic carbocycles. The normalized spacial score (nSPS) is 22.8. The molecule has 2 unspecified atom stereocenters. The summed E-state index contributed by atoms with van der Waals surface area (Å²) in [5, 5.41) is 2.77. The van der Waals surface area contributed by atoms with Gasteiger partial charge in [-0.3, -0.25) is 0 Å². The molecule has 0 bridgehead atoms. The number of nitrogens with two attached hydrogens (primary N) is 1. The SMILES string of the molecule is CC(C)(C)OC(=O)NCC1OB2OC(C)(C)COc3ccc(Br)c1c32.CC1(C)COc2cccc3c2B(OC3CN)O1. The van der Waals surface area contributed by atoms with Crippen molar-refractivity contribution in [1.82, 2.24) is 5.32 Å². The van der Waals surface area contributed by atoms with E-state index in [4.69, 9.17) is 38.6 Å². The fourth-order valence-corrected chi connectivity index (χ4v) is 5.83. The Balaban J connectivity index is 0.000000180. The van der Waals surface area contributed by atoms with Gasteiger partial charge in [-0.05, 0) is 77.8 Å². The highest BCUT2D eigenvalue weighted by Crippen LogP contribution is 2.37. The largest absolute Gasteiger partial charge is 0.499 e. The minimum Gasteiger partial charge on any atom is -0.491 e. The molecule has 0 spiro atoms. The van der Waals surface area contributed by atoms with Gasteiger partial charge in [0.25, 0.3) is 0 Å². The highest BCUT2D eigenvalue weighted by Gasteiger charge is 2.47. The van der Waals surface area contributed by atoms with Crippen molar-refractivity contribution in [3.8, 4) is 11.5 Å². The molecule has 13 heteroatoms. The van der Waals surface area contributed by atoms with Crippen molar-refractivity contribution in [2.75, 3.05) is 26.3 Å². The minimum atomic E-state index is -0.545. The number of ether oxygens (including phenoxy) is 3. The Morgan fingerprint density at radius 2 is 1.57 bits per heavy atom. The first-order valence-electron chi connectivity index (χ1n) is 14.2. The van der Waals surface area contributed by atoms with Crippen molar-refractivity contribution in [2.45, 2.75) is 77.5 Å². The van der Waals surface area contributed by atoms with Crippen LogP contribution < -0.4 is 31.4 Å². The third-order valence-electron chi connectivity index (χ3n) is 7.06. The Bertz CT molecular complexity index is 1340. The molecule has 0 aliphatic carbocycles. The number of carbonyl (C=O) groups is 1. The number of alkyl carbamates (subject to hydrolysis) is 1. The molecular weight excluding hydrogens is 606 g/mol. The summed E-state index contributed by atoms with van der Waals surface area (Å²) in [6.07, 6.45) is -0.912. The molecule has 0 fully saturated rings. The zero-order valence-electron chi connectivity index (χ0n) is 25.2. The molecule has 0 saturated carbocycles. The van der Waals surface area contributed by atoms with E-state index in [0.717, 1.165) is 38.0 Å². The zero-order valence-corrected chi connectivity index (χ0v) is 26.8. The van der Waals surface area contributed by atoms with E-state index in [1.165, 1.54) is 0 Å². The van der Waals surface area contributed by atoms with Gasteiger partial charge in [0, 0.05) is 28.5 Å². The number of hydrogen-bond acceptors (Lipinski definition) is 9.